The molecule has 2 aliphatic rings. The molecule has 6 heteroatoms. The Morgan fingerprint density at radius 1 is 1.12 bits per heavy atom. The fourth-order valence-corrected chi connectivity index (χ4v) is 4.43. The molecule has 176 valence electrons. The van der Waals surface area contributed by atoms with Gasteiger partial charge in [0.15, 0.2) is 6.61 Å². The summed E-state index contributed by atoms with van der Waals surface area (Å²) in [5.41, 5.74) is 3.53. The first-order valence-electron chi connectivity index (χ1n) is 12.0. The van der Waals surface area contributed by atoms with Gasteiger partial charge in [-0.25, -0.2) is 0 Å². The summed E-state index contributed by atoms with van der Waals surface area (Å²) in [6, 6.07) is 13.7. The number of benzene rings is 2. The van der Waals surface area contributed by atoms with Crippen LogP contribution in [0.5, 0.6) is 5.75 Å². The van der Waals surface area contributed by atoms with Crippen molar-refractivity contribution in [3.63, 3.8) is 0 Å². The lowest BCUT2D eigenvalue weighted by Gasteiger charge is -2.32. The van der Waals surface area contributed by atoms with Crippen LogP contribution in [0.4, 0.5) is 5.69 Å². The highest BCUT2D eigenvalue weighted by molar-refractivity contribution is 5.98. The van der Waals surface area contributed by atoms with Gasteiger partial charge in [0.25, 0.3) is 11.8 Å². The predicted molar refractivity (Wildman–Crippen MR) is 131 cm³/mol. The maximum absolute atomic E-state index is 12.8. The number of fused-ring (bicyclic) bond motifs is 1. The molecular formula is C27H35N3O3. The second kappa shape index (κ2) is 9.96. The van der Waals surface area contributed by atoms with E-state index in [9.17, 15) is 9.59 Å². The van der Waals surface area contributed by atoms with Gasteiger partial charge in [-0.3, -0.25) is 9.59 Å². The third-order valence-electron chi connectivity index (χ3n) is 7.01. The summed E-state index contributed by atoms with van der Waals surface area (Å²) < 4.78 is 5.69. The van der Waals surface area contributed by atoms with E-state index in [1.54, 1.807) is 4.90 Å². The number of hydrogen-bond donors (Lipinski definition) is 1. The molecule has 6 nitrogen and oxygen atoms in total. The van der Waals surface area contributed by atoms with Crippen molar-refractivity contribution in [3.8, 4) is 5.75 Å². The largest absolute Gasteiger partial charge is 0.482 e. The Kier molecular flexibility index (Phi) is 7.03. The first kappa shape index (κ1) is 23.3. The molecule has 0 aliphatic carbocycles. The smallest absolute Gasteiger partial charge is 0.265 e. The number of ether oxygens (including phenoxy) is 1. The molecule has 2 aromatic rings. The lowest BCUT2D eigenvalue weighted by atomic mass is 9.82. The van der Waals surface area contributed by atoms with E-state index >= 15 is 0 Å². The van der Waals surface area contributed by atoms with Crippen LogP contribution in [-0.2, 0) is 16.8 Å². The van der Waals surface area contributed by atoms with Gasteiger partial charge in [-0.2, -0.15) is 0 Å². The van der Waals surface area contributed by atoms with Crippen LogP contribution in [0.2, 0.25) is 0 Å². The second-order valence-corrected chi connectivity index (χ2v) is 9.69. The minimum atomic E-state index is -0.0746. The second-order valence-electron chi connectivity index (χ2n) is 9.69. The molecule has 2 heterocycles. The van der Waals surface area contributed by atoms with Crippen molar-refractivity contribution >= 4 is 17.5 Å². The summed E-state index contributed by atoms with van der Waals surface area (Å²) in [5.74, 6) is 0.576. The molecule has 1 saturated heterocycles. The van der Waals surface area contributed by atoms with E-state index < -0.39 is 0 Å². The summed E-state index contributed by atoms with van der Waals surface area (Å²) >= 11 is 0. The molecule has 0 spiro atoms. The number of rotatable bonds is 8. The van der Waals surface area contributed by atoms with E-state index in [1.807, 2.05) is 30.3 Å². The zero-order valence-corrected chi connectivity index (χ0v) is 20.0. The molecule has 0 bridgehead atoms. The Balaban J connectivity index is 1.48. The van der Waals surface area contributed by atoms with Gasteiger partial charge in [0.1, 0.15) is 5.75 Å². The normalized spacial score (nSPS) is 16.5. The Morgan fingerprint density at radius 3 is 2.67 bits per heavy atom. The molecule has 1 N–H and O–H groups in total. The molecule has 2 amide bonds. The van der Waals surface area contributed by atoms with Gasteiger partial charge in [0.2, 0.25) is 0 Å². The summed E-state index contributed by atoms with van der Waals surface area (Å²) in [5, 5.41) is 3.03. The van der Waals surface area contributed by atoms with E-state index in [4.69, 9.17) is 4.74 Å². The van der Waals surface area contributed by atoms with E-state index in [2.05, 4.69) is 43.1 Å². The Morgan fingerprint density at radius 2 is 1.91 bits per heavy atom. The van der Waals surface area contributed by atoms with Crippen LogP contribution in [0.1, 0.15) is 61.5 Å². The molecule has 2 aromatic carbocycles. The maximum atomic E-state index is 12.8. The van der Waals surface area contributed by atoms with Crippen molar-refractivity contribution in [1.82, 2.24) is 10.2 Å². The van der Waals surface area contributed by atoms with E-state index in [0.29, 0.717) is 18.7 Å². The van der Waals surface area contributed by atoms with Crippen molar-refractivity contribution in [2.75, 3.05) is 37.7 Å². The first-order chi connectivity index (χ1) is 15.9. The van der Waals surface area contributed by atoms with Crippen LogP contribution < -0.4 is 15.0 Å². The monoisotopic (exact) mass is 449 g/mol. The topological polar surface area (TPSA) is 61.9 Å². The van der Waals surface area contributed by atoms with Gasteiger partial charge in [-0.1, -0.05) is 39.0 Å². The number of carbonyl (C=O) groups is 2. The lowest BCUT2D eigenvalue weighted by molar-refractivity contribution is -0.121. The molecule has 1 fully saturated rings. The zero-order valence-electron chi connectivity index (χ0n) is 20.0. The summed E-state index contributed by atoms with van der Waals surface area (Å²) in [7, 11) is 0. The van der Waals surface area contributed by atoms with Crippen LogP contribution in [-0.4, -0.2) is 49.5 Å². The molecule has 2 aliphatic heterocycles. The average molecular weight is 450 g/mol. The van der Waals surface area contributed by atoms with Crippen LogP contribution >= 0.6 is 0 Å². The van der Waals surface area contributed by atoms with E-state index in [-0.39, 0.29) is 23.8 Å². The quantitative estimate of drug-likeness (QED) is 0.658. The molecule has 33 heavy (non-hydrogen) atoms. The number of carbonyl (C=O) groups excluding carboxylic acids is 2. The minimum Gasteiger partial charge on any atom is -0.482 e. The van der Waals surface area contributed by atoms with Gasteiger partial charge in [-0.15, -0.1) is 0 Å². The molecule has 4 rings (SSSR count). The van der Waals surface area contributed by atoms with Gasteiger partial charge >= 0.3 is 0 Å². The van der Waals surface area contributed by atoms with E-state index in [0.717, 1.165) is 43.1 Å². The number of nitrogens with zero attached hydrogens (tertiary/aromatic N) is 2. The highest BCUT2D eigenvalue weighted by atomic mass is 16.5. The number of anilines is 1. The number of likely N-dealkylation sites (tertiary alicyclic amines) is 1. The SMILES string of the molecule is CCC(C)(C)c1ccc2c(c1)N(Cc1cccc(C(=O)NCCN3CCCC3)c1)C(=O)CO2. The van der Waals surface area contributed by atoms with Gasteiger partial charge in [0, 0.05) is 18.7 Å². The Bertz CT molecular complexity index is 1010. The highest BCUT2D eigenvalue weighted by Crippen LogP contribution is 2.38. The molecule has 0 saturated carbocycles. The number of nitrogens with one attached hydrogen (secondary N) is 1. The third-order valence-corrected chi connectivity index (χ3v) is 7.01. The van der Waals surface area contributed by atoms with Gasteiger partial charge in [0.05, 0.1) is 12.2 Å². The minimum absolute atomic E-state index is 0.00820. The lowest BCUT2D eigenvalue weighted by Crippen LogP contribution is -2.38. The first-order valence-corrected chi connectivity index (χ1v) is 12.0. The van der Waals surface area contributed by atoms with Crippen LogP contribution in [0.15, 0.2) is 42.5 Å². The van der Waals surface area contributed by atoms with Crippen molar-refractivity contribution < 1.29 is 14.3 Å². The van der Waals surface area contributed by atoms with Crippen LogP contribution in [0, 0.1) is 0 Å². The molecule has 0 radical (unpaired) electrons. The highest BCUT2D eigenvalue weighted by Gasteiger charge is 2.28. The standard InChI is InChI=1S/C27H35N3O3/c1-4-27(2,3)22-10-11-24-23(17-22)30(25(31)19-33-24)18-20-8-7-9-21(16-20)26(32)28-12-15-29-13-5-6-14-29/h7-11,16-17H,4-6,12-15,18-19H2,1-3H3,(H,28,32). The summed E-state index contributed by atoms with van der Waals surface area (Å²) in [6.07, 6.45) is 3.49. The van der Waals surface area contributed by atoms with E-state index in [1.165, 1.54) is 18.4 Å². The van der Waals surface area contributed by atoms with Crippen molar-refractivity contribution in [2.24, 2.45) is 0 Å². The Labute approximate surface area is 196 Å². The van der Waals surface area contributed by atoms with Crippen LogP contribution in [0.3, 0.4) is 0 Å². The van der Waals surface area contributed by atoms with Gasteiger partial charge < -0.3 is 19.9 Å². The van der Waals surface area contributed by atoms with Crippen molar-refractivity contribution in [3.05, 3.63) is 59.2 Å². The van der Waals surface area contributed by atoms with Crippen molar-refractivity contribution in [1.29, 1.82) is 0 Å². The molecule has 0 unspecified atom stereocenters. The number of hydrogen-bond acceptors (Lipinski definition) is 4. The van der Waals surface area contributed by atoms with Crippen molar-refractivity contribution in [2.45, 2.75) is 52.0 Å². The number of amides is 2. The van der Waals surface area contributed by atoms with Crippen LogP contribution in [0.25, 0.3) is 0 Å². The Hall–Kier alpha value is -2.86. The fraction of sp³-hybridized carbons (Fsp3) is 0.481. The fourth-order valence-electron chi connectivity index (χ4n) is 4.43. The summed E-state index contributed by atoms with van der Waals surface area (Å²) in [4.78, 5) is 29.6. The molecule has 0 atom stereocenters. The molecule has 0 aromatic heterocycles. The maximum Gasteiger partial charge on any atom is 0.265 e. The predicted octanol–water partition coefficient (Wildman–Crippen LogP) is 4.13. The average Bonchev–Trinajstić information content (AvgIpc) is 3.34. The van der Waals surface area contributed by atoms with Gasteiger partial charge in [-0.05, 0) is 73.2 Å². The zero-order chi connectivity index (χ0) is 23.4. The summed E-state index contributed by atoms with van der Waals surface area (Å²) in [6.45, 7) is 10.8. The molecular weight excluding hydrogens is 414 g/mol. The third kappa shape index (κ3) is 5.38.